The predicted octanol–water partition coefficient (Wildman–Crippen LogP) is 2.82. The SMILES string of the molecule is CN=C(NCc1nc(C(F)(F)F)cs1)N(C)CC1CCOC1.I. The maximum atomic E-state index is 12.5. The quantitative estimate of drug-likeness (QED) is 0.423. The van der Waals surface area contributed by atoms with Crippen molar-refractivity contribution < 1.29 is 17.9 Å². The molecule has 10 heteroatoms. The number of hydrogen-bond donors (Lipinski definition) is 1. The van der Waals surface area contributed by atoms with E-state index in [2.05, 4.69) is 15.3 Å². The van der Waals surface area contributed by atoms with E-state index in [1.807, 2.05) is 11.9 Å². The van der Waals surface area contributed by atoms with Crippen LogP contribution in [-0.2, 0) is 17.5 Å². The number of hydrogen-bond acceptors (Lipinski definition) is 4. The molecule has 0 saturated carbocycles. The fourth-order valence-electron chi connectivity index (χ4n) is 2.26. The van der Waals surface area contributed by atoms with Gasteiger partial charge in [-0.05, 0) is 6.42 Å². The molecule has 1 aliphatic heterocycles. The van der Waals surface area contributed by atoms with Crippen molar-refractivity contribution in [3.8, 4) is 0 Å². The molecule has 1 saturated heterocycles. The lowest BCUT2D eigenvalue weighted by atomic mass is 10.1. The van der Waals surface area contributed by atoms with Crippen LogP contribution in [0.3, 0.4) is 0 Å². The Labute approximate surface area is 154 Å². The third kappa shape index (κ3) is 6.07. The van der Waals surface area contributed by atoms with Crippen LogP contribution in [0.15, 0.2) is 10.4 Å². The minimum Gasteiger partial charge on any atom is -0.381 e. The normalized spacial score (nSPS) is 18.7. The first kappa shape index (κ1) is 20.4. The van der Waals surface area contributed by atoms with Gasteiger partial charge in [-0.3, -0.25) is 4.99 Å². The van der Waals surface area contributed by atoms with Gasteiger partial charge in [0.2, 0.25) is 0 Å². The number of ether oxygens (including phenoxy) is 1. The summed E-state index contributed by atoms with van der Waals surface area (Å²) in [6, 6.07) is 0. The van der Waals surface area contributed by atoms with Crippen LogP contribution in [0.25, 0.3) is 0 Å². The summed E-state index contributed by atoms with van der Waals surface area (Å²) in [6.45, 7) is 2.54. The Morgan fingerprint density at radius 1 is 1.57 bits per heavy atom. The summed E-state index contributed by atoms with van der Waals surface area (Å²) in [4.78, 5) is 9.69. The molecule has 1 fully saturated rings. The molecule has 1 aliphatic rings. The molecule has 0 spiro atoms. The standard InChI is InChI=1S/C13H19F3N4OS.HI/c1-17-12(20(2)6-9-3-4-21-7-9)18-5-11-19-10(8-22-11)13(14,15)16;/h8-9H,3-7H2,1-2H3,(H,17,18);1H. The van der Waals surface area contributed by atoms with E-state index in [-0.39, 0.29) is 30.5 Å². The van der Waals surface area contributed by atoms with Crippen molar-refractivity contribution >= 4 is 41.3 Å². The number of aliphatic imine (C=N–C) groups is 1. The van der Waals surface area contributed by atoms with Crippen molar-refractivity contribution in [2.24, 2.45) is 10.9 Å². The predicted molar refractivity (Wildman–Crippen MR) is 94.3 cm³/mol. The third-order valence-electron chi connectivity index (χ3n) is 3.37. The molecule has 0 amide bonds. The van der Waals surface area contributed by atoms with E-state index in [9.17, 15) is 13.2 Å². The van der Waals surface area contributed by atoms with Gasteiger partial charge in [-0.2, -0.15) is 13.2 Å². The lowest BCUT2D eigenvalue weighted by Crippen LogP contribution is -2.41. The number of aromatic nitrogens is 1. The minimum atomic E-state index is -4.39. The van der Waals surface area contributed by atoms with Gasteiger partial charge in [0, 0.05) is 38.5 Å². The van der Waals surface area contributed by atoms with Gasteiger partial charge < -0.3 is 15.0 Å². The molecule has 0 bridgehead atoms. The molecule has 5 nitrogen and oxygen atoms in total. The lowest BCUT2D eigenvalue weighted by Gasteiger charge is -2.24. The zero-order valence-electron chi connectivity index (χ0n) is 12.9. The van der Waals surface area contributed by atoms with Gasteiger partial charge >= 0.3 is 6.18 Å². The monoisotopic (exact) mass is 464 g/mol. The second-order valence-electron chi connectivity index (χ2n) is 5.14. The summed E-state index contributed by atoms with van der Waals surface area (Å²) in [6.07, 6.45) is -3.38. The van der Waals surface area contributed by atoms with Crippen molar-refractivity contribution in [1.29, 1.82) is 0 Å². The molecule has 2 heterocycles. The molecule has 1 aromatic heterocycles. The highest BCUT2D eigenvalue weighted by Gasteiger charge is 2.33. The van der Waals surface area contributed by atoms with Gasteiger partial charge in [0.15, 0.2) is 11.7 Å². The average Bonchev–Trinajstić information content (AvgIpc) is 3.09. The Kier molecular flexibility index (Phi) is 8.01. The fraction of sp³-hybridized carbons (Fsp3) is 0.692. The number of nitrogens with one attached hydrogen (secondary N) is 1. The lowest BCUT2D eigenvalue weighted by molar-refractivity contribution is -0.140. The summed E-state index contributed by atoms with van der Waals surface area (Å²) < 4.78 is 42.8. The summed E-state index contributed by atoms with van der Waals surface area (Å²) in [5, 5.41) is 4.45. The highest BCUT2D eigenvalue weighted by Crippen LogP contribution is 2.29. The summed E-state index contributed by atoms with van der Waals surface area (Å²) >= 11 is 0.986. The molecule has 1 unspecified atom stereocenters. The highest BCUT2D eigenvalue weighted by atomic mass is 127. The van der Waals surface area contributed by atoms with Crippen LogP contribution in [0.4, 0.5) is 13.2 Å². The van der Waals surface area contributed by atoms with Crippen LogP contribution in [0.1, 0.15) is 17.1 Å². The Bertz CT molecular complexity index is 518. The molecule has 0 aromatic carbocycles. The topological polar surface area (TPSA) is 49.8 Å². The van der Waals surface area contributed by atoms with Crippen molar-refractivity contribution in [3.05, 3.63) is 16.1 Å². The molecule has 1 N–H and O–H groups in total. The van der Waals surface area contributed by atoms with E-state index in [0.29, 0.717) is 16.9 Å². The number of thiazole rings is 1. The van der Waals surface area contributed by atoms with E-state index in [4.69, 9.17) is 4.74 Å². The van der Waals surface area contributed by atoms with Crippen LogP contribution >= 0.6 is 35.3 Å². The molecular formula is C13H20F3IN4OS. The summed E-state index contributed by atoms with van der Waals surface area (Å²) in [5.74, 6) is 1.09. The van der Waals surface area contributed by atoms with Crippen LogP contribution in [-0.4, -0.2) is 49.7 Å². The molecule has 2 rings (SSSR count). The molecule has 23 heavy (non-hydrogen) atoms. The number of rotatable bonds is 4. The van der Waals surface area contributed by atoms with Gasteiger partial charge in [0.25, 0.3) is 0 Å². The van der Waals surface area contributed by atoms with Gasteiger partial charge in [-0.1, -0.05) is 0 Å². The first-order chi connectivity index (χ1) is 10.4. The van der Waals surface area contributed by atoms with Gasteiger partial charge in [-0.15, -0.1) is 35.3 Å². The molecule has 0 aliphatic carbocycles. The fourth-order valence-corrected chi connectivity index (χ4v) is 3.00. The van der Waals surface area contributed by atoms with Crippen LogP contribution < -0.4 is 5.32 Å². The Hall–Kier alpha value is -0.620. The number of guanidine groups is 1. The van der Waals surface area contributed by atoms with Gasteiger partial charge in [-0.25, -0.2) is 4.98 Å². The van der Waals surface area contributed by atoms with Crippen molar-refractivity contribution in [3.63, 3.8) is 0 Å². The van der Waals surface area contributed by atoms with Crippen molar-refractivity contribution in [2.75, 3.05) is 33.9 Å². The van der Waals surface area contributed by atoms with E-state index in [0.717, 1.165) is 42.9 Å². The Balaban J connectivity index is 0.00000264. The molecule has 1 aromatic rings. The molecule has 132 valence electrons. The number of halogens is 4. The molecule has 1 atom stereocenters. The first-order valence-corrected chi connectivity index (χ1v) is 7.79. The van der Waals surface area contributed by atoms with Crippen LogP contribution in [0.5, 0.6) is 0 Å². The number of alkyl halides is 3. The molecular weight excluding hydrogens is 444 g/mol. The second kappa shape index (κ2) is 9.02. The maximum absolute atomic E-state index is 12.5. The summed E-state index contributed by atoms with van der Waals surface area (Å²) in [7, 11) is 3.55. The van der Waals surface area contributed by atoms with E-state index in [1.54, 1.807) is 7.05 Å². The summed E-state index contributed by atoms with van der Waals surface area (Å²) in [5.41, 5.74) is -0.847. The Morgan fingerprint density at radius 3 is 2.83 bits per heavy atom. The minimum absolute atomic E-state index is 0. The average molecular weight is 464 g/mol. The first-order valence-electron chi connectivity index (χ1n) is 6.91. The third-order valence-corrected chi connectivity index (χ3v) is 4.22. The Morgan fingerprint density at radius 2 is 2.30 bits per heavy atom. The smallest absolute Gasteiger partial charge is 0.381 e. The second-order valence-corrected chi connectivity index (χ2v) is 6.08. The largest absolute Gasteiger partial charge is 0.434 e. The zero-order valence-corrected chi connectivity index (χ0v) is 16.0. The molecule has 0 radical (unpaired) electrons. The van der Waals surface area contributed by atoms with Crippen LogP contribution in [0, 0.1) is 5.92 Å². The zero-order chi connectivity index (χ0) is 16.2. The van der Waals surface area contributed by atoms with Crippen LogP contribution in [0.2, 0.25) is 0 Å². The number of nitrogens with zero attached hydrogens (tertiary/aromatic N) is 3. The van der Waals surface area contributed by atoms with Gasteiger partial charge in [0.1, 0.15) is 5.01 Å². The van der Waals surface area contributed by atoms with E-state index < -0.39 is 11.9 Å². The van der Waals surface area contributed by atoms with Gasteiger partial charge in [0.05, 0.1) is 13.2 Å². The van der Waals surface area contributed by atoms with E-state index in [1.165, 1.54) is 0 Å². The van der Waals surface area contributed by atoms with Crippen molar-refractivity contribution in [2.45, 2.75) is 19.1 Å². The maximum Gasteiger partial charge on any atom is 0.434 e. The van der Waals surface area contributed by atoms with Crippen molar-refractivity contribution in [1.82, 2.24) is 15.2 Å². The highest BCUT2D eigenvalue weighted by molar-refractivity contribution is 14.0. The van der Waals surface area contributed by atoms with E-state index >= 15 is 0 Å².